The number of unbranched alkanes of at least 4 members (excludes halogenated alkanes) is 1. The molecule has 1 aromatic carbocycles. The van der Waals surface area contributed by atoms with E-state index in [9.17, 15) is 14.3 Å². The van der Waals surface area contributed by atoms with Crippen molar-refractivity contribution >= 4 is 5.97 Å². The second kappa shape index (κ2) is 7.97. The van der Waals surface area contributed by atoms with E-state index in [1.807, 2.05) is 6.92 Å². The molecule has 1 rings (SSSR count). The Morgan fingerprint density at radius 1 is 1.45 bits per heavy atom. The molecule has 0 heterocycles. The molecule has 0 aliphatic rings. The Morgan fingerprint density at radius 2 is 2.15 bits per heavy atom. The second-order valence-corrected chi connectivity index (χ2v) is 4.97. The van der Waals surface area contributed by atoms with E-state index in [0.717, 1.165) is 12.8 Å². The van der Waals surface area contributed by atoms with Crippen LogP contribution in [0.2, 0.25) is 0 Å². The molecule has 4 nitrogen and oxygen atoms in total. The van der Waals surface area contributed by atoms with Crippen LogP contribution in [0.4, 0.5) is 4.39 Å². The van der Waals surface area contributed by atoms with Gasteiger partial charge in [0.05, 0.1) is 6.10 Å². The van der Waals surface area contributed by atoms with Crippen molar-refractivity contribution < 1.29 is 19.4 Å². The van der Waals surface area contributed by atoms with Gasteiger partial charge in [0.2, 0.25) is 0 Å². The quantitative estimate of drug-likeness (QED) is 0.685. The van der Waals surface area contributed by atoms with Gasteiger partial charge in [-0.25, -0.2) is 4.39 Å². The average Bonchev–Trinajstić information content (AvgIpc) is 2.41. The van der Waals surface area contributed by atoms with Gasteiger partial charge in [-0.3, -0.25) is 4.79 Å². The number of carboxylic acid groups (broad SMARTS) is 1. The van der Waals surface area contributed by atoms with Gasteiger partial charge in [-0.2, -0.15) is 0 Å². The number of rotatable bonds is 8. The smallest absolute Gasteiger partial charge is 0.320 e. The highest BCUT2D eigenvalue weighted by molar-refractivity contribution is 5.73. The van der Waals surface area contributed by atoms with Gasteiger partial charge in [0.15, 0.2) is 0 Å². The van der Waals surface area contributed by atoms with E-state index in [2.05, 4.69) is 5.32 Å². The van der Waals surface area contributed by atoms with Crippen LogP contribution in [0, 0.1) is 12.7 Å². The van der Waals surface area contributed by atoms with Crippen LogP contribution < -0.4 is 5.32 Å². The Balaban J connectivity index is 2.58. The second-order valence-electron chi connectivity index (χ2n) is 4.97. The highest BCUT2D eigenvalue weighted by Crippen LogP contribution is 2.16. The maximum Gasteiger partial charge on any atom is 0.320 e. The number of hydrogen-bond donors (Lipinski definition) is 3. The Hall–Kier alpha value is -1.46. The number of benzene rings is 1. The number of aliphatic carboxylic acids is 1. The van der Waals surface area contributed by atoms with Gasteiger partial charge in [-0.15, -0.1) is 0 Å². The predicted octanol–water partition coefficient (Wildman–Crippen LogP) is 2.40. The van der Waals surface area contributed by atoms with Crippen LogP contribution in [0.15, 0.2) is 18.2 Å². The first-order valence-corrected chi connectivity index (χ1v) is 6.86. The molecule has 3 N–H and O–H groups in total. The first-order chi connectivity index (χ1) is 9.45. The lowest BCUT2D eigenvalue weighted by atomic mass is 10.1. The lowest BCUT2D eigenvalue weighted by Gasteiger charge is -2.18. The monoisotopic (exact) mass is 283 g/mol. The van der Waals surface area contributed by atoms with Crippen molar-refractivity contribution in [3.05, 3.63) is 35.1 Å². The molecule has 0 aliphatic heterocycles. The van der Waals surface area contributed by atoms with Crippen molar-refractivity contribution in [1.29, 1.82) is 0 Å². The summed E-state index contributed by atoms with van der Waals surface area (Å²) in [4.78, 5) is 11.1. The van der Waals surface area contributed by atoms with Crippen LogP contribution in [0.25, 0.3) is 0 Å². The van der Waals surface area contributed by atoms with Crippen molar-refractivity contribution in [2.75, 3.05) is 6.54 Å². The van der Waals surface area contributed by atoms with E-state index in [-0.39, 0.29) is 12.4 Å². The largest absolute Gasteiger partial charge is 0.480 e. The van der Waals surface area contributed by atoms with Crippen molar-refractivity contribution in [3.63, 3.8) is 0 Å². The molecule has 5 heteroatoms. The minimum Gasteiger partial charge on any atom is -0.480 e. The minimum absolute atomic E-state index is 0.131. The van der Waals surface area contributed by atoms with Gasteiger partial charge in [0.1, 0.15) is 11.9 Å². The molecule has 0 spiro atoms. The number of aliphatic hydroxyl groups is 1. The Labute approximate surface area is 118 Å². The summed E-state index contributed by atoms with van der Waals surface area (Å²) in [6.07, 6.45) is 1.42. The molecular weight excluding hydrogens is 261 g/mol. The molecule has 2 atom stereocenters. The predicted molar refractivity (Wildman–Crippen MR) is 75.0 cm³/mol. The Kier molecular flexibility index (Phi) is 6.61. The third kappa shape index (κ3) is 4.90. The summed E-state index contributed by atoms with van der Waals surface area (Å²) < 4.78 is 13.1. The molecule has 0 saturated carbocycles. The normalized spacial score (nSPS) is 14.0. The summed E-state index contributed by atoms with van der Waals surface area (Å²) in [7, 11) is 0. The van der Waals surface area contributed by atoms with Crippen LogP contribution in [0.5, 0.6) is 0 Å². The Bertz CT molecular complexity index is 451. The number of carbonyl (C=O) groups is 1. The van der Waals surface area contributed by atoms with E-state index >= 15 is 0 Å². The van der Waals surface area contributed by atoms with Gasteiger partial charge >= 0.3 is 5.97 Å². The van der Waals surface area contributed by atoms with E-state index < -0.39 is 18.1 Å². The number of carboxylic acids is 1. The summed E-state index contributed by atoms with van der Waals surface area (Å²) >= 11 is 0. The highest BCUT2D eigenvalue weighted by Gasteiger charge is 2.18. The van der Waals surface area contributed by atoms with Gasteiger partial charge in [-0.1, -0.05) is 31.9 Å². The number of nitrogens with one attached hydrogen (secondary N) is 1. The van der Waals surface area contributed by atoms with E-state index in [1.165, 1.54) is 12.1 Å². The highest BCUT2D eigenvalue weighted by atomic mass is 19.1. The zero-order valence-electron chi connectivity index (χ0n) is 11.9. The van der Waals surface area contributed by atoms with Gasteiger partial charge in [0.25, 0.3) is 0 Å². The average molecular weight is 283 g/mol. The molecule has 0 saturated heterocycles. The third-order valence-corrected chi connectivity index (χ3v) is 3.27. The maximum atomic E-state index is 13.1. The molecule has 0 bridgehead atoms. The van der Waals surface area contributed by atoms with Crippen molar-refractivity contribution in [3.8, 4) is 0 Å². The first kappa shape index (κ1) is 16.6. The summed E-state index contributed by atoms with van der Waals surface area (Å²) in [5.41, 5.74) is 1.04. The van der Waals surface area contributed by atoms with Crippen LogP contribution in [0.1, 0.15) is 43.4 Å². The number of aliphatic hydroxyl groups excluding tert-OH is 1. The van der Waals surface area contributed by atoms with E-state index in [0.29, 0.717) is 17.5 Å². The minimum atomic E-state index is -0.916. The fourth-order valence-electron chi connectivity index (χ4n) is 1.97. The van der Waals surface area contributed by atoms with Gasteiger partial charge < -0.3 is 15.5 Å². The van der Waals surface area contributed by atoms with Crippen LogP contribution in [-0.2, 0) is 4.79 Å². The zero-order chi connectivity index (χ0) is 15.1. The molecule has 1 aromatic rings. The fourth-order valence-corrected chi connectivity index (χ4v) is 1.97. The summed E-state index contributed by atoms with van der Waals surface area (Å²) in [6.45, 7) is 3.75. The molecular formula is C15H22FNO3. The van der Waals surface area contributed by atoms with Gasteiger partial charge in [-0.05, 0) is 30.5 Å². The van der Waals surface area contributed by atoms with Crippen molar-refractivity contribution in [1.82, 2.24) is 5.32 Å². The van der Waals surface area contributed by atoms with Crippen molar-refractivity contribution in [2.24, 2.45) is 0 Å². The van der Waals surface area contributed by atoms with Gasteiger partial charge in [0, 0.05) is 6.54 Å². The number of halogens is 1. The topological polar surface area (TPSA) is 69.6 Å². The summed E-state index contributed by atoms with van der Waals surface area (Å²) in [5, 5.41) is 21.9. The molecule has 0 fully saturated rings. The molecule has 20 heavy (non-hydrogen) atoms. The lowest BCUT2D eigenvalue weighted by molar-refractivity contribution is -0.139. The standard InChI is InChI=1S/C15H22FNO3/c1-3-4-5-13(15(19)20)17-9-14(18)11-6-7-12(16)10(2)8-11/h6-8,13-14,17-18H,3-5,9H2,1-2H3,(H,19,20). The Morgan fingerprint density at radius 3 is 2.70 bits per heavy atom. The first-order valence-electron chi connectivity index (χ1n) is 6.86. The molecule has 0 radical (unpaired) electrons. The molecule has 112 valence electrons. The zero-order valence-corrected chi connectivity index (χ0v) is 11.9. The van der Waals surface area contributed by atoms with Crippen LogP contribution in [-0.4, -0.2) is 28.8 Å². The lowest BCUT2D eigenvalue weighted by Crippen LogP contribution is -2.39. The van der Waals surface area contributed by atoms with Crippen LogP contribution >= 0.6 is 0 Å². The SMILES string of the molecule is CCCCC(NCC(O)c1ccc(F)c(C)c1)C(=O)O. The molecule has 2 unspecified atom stereocenters. The fraction of sp³-hybridized carbons (Fsp3) is 0.533. The molecule has 0 aromatic heterocycles. The van der Waals surface area contributed by atoms with E-state index in [4.69, 9.17) is 5.11 Å². The molecule has 0 aliphatic carbocycles. The molecule has 0 amide bonds. The van der Waals surface area contributed by atoms with E-state index in [1.54, 1.807) is 13.0 Å². The third-order valence-electron chi connectivity index (χ3n) is 3.27. The van der Waals surface area contributed by atoms with Crippen LogP contribution in [0.3, 0.4) is 0 Å². The summed E-state index contributed by atoms with van der Waals surface area (Å²) in [6, 6.07) is 3.73. The summed E-state index contributed by atoms with van der Waals surface area (Å²) in [5.74, 6) is -1.23. The number of aryl methyl sites for hydroxylation is 1. The number of hydrogen-bond acceptors (Lipinski definition) is 3. The maximum absolute atomic E-state index is 13.1. The van der Waals surface area contributed by atoms with Crippen molar-refractivity contribution in [2.45, 2.75) is 45.3 Å².